The van der Waals surface area contributed by atoms with Gasteiger partial charge in [0.05, 0.1) is 17.7 Å². The molecular formula is C26H19ClN4O8. The third-order valence-electron chi connectivity index (χ3n) is 5.41. The molecule has 0 radical (unpaired) electrons. The number of hydrogen-bond donors (Lipinski definition) is 2. The highest BCUT2D eigenvalue weighted by Gasteiger charge is 2.37. The van der Waals surface area contributed by atoms with E-state index in [9.17, 15) is 29.3 Å². The summed E-state index contributed by atoms with van der Waals surface area (Å²) in [5.41, 5.74) is 0.359. The highest BCUT2D eigenvalue weighted by molar-refractivity contribution is 6.39. The topological polar surface area (TPSA) is 157 Å². The number of methoxy groups -OCH3 is 1. The summed E-state index contributed by atoms with van der Waals surface area (Å²) < 4.78 is 10.9. The molecule has 39 heavy (non-hydrogen) atoms. The van der Waals surface area contributed by atoms with E-state index in [4.69, 9.17) is 21.1 Å². The summed E-state index contributed by atoms with van der Waals surface area (Å²) >= 11 is 5.84. The molecule has 0 atom stereocenters. The average molecular weight is 551 g/mol. The van der Waals surface area contributed by atoms with Crippen molar-refractivity contribution in [2.45, 2.75) is 0 Å². The van der Waals surface area contributed by atoms with Crippen LogP contribution in [0.4, 0.5) is 21.9 Å². The van der Waals surface area contributed by atoms with Crippen LogP contribution in [0.2, 0.25) is 5.02 Å². The van der Waals surface area contributed by atoms with Crippen LogP contribution in [-0.2, 0) is 14.4 Å². The van der Waals surface area contributed by atoms with Crippen molar-refractivity contribution in [3.8, 4) is 11.5 Å². The van der Waals surface area contributed by atoms with Crippen molar-refractivity contribution >= 4 is 58.5 Å². The van der Waals surface area contributed by atoms with E-state index in [0.29, 0.717) is 21.2 Å². The van der Waals surface area contributed by atoms with E-state index < -0.39 is 28.7 Å². The lowest BCUT2D eigenvalue weighted by Gasteiger charge is -2.26. The highest BCUT2D eigenvalue weighted by Crippen LogP contribution is 2.30. The van der Waals surface area contributed by atoms with E-state index in [-0.39, 0.29) is 35.1 Å². The first-order valence-corrected chi connectivity index (χ1v) is 11.6. The third-order valence-corrected chi connectivity index (χ3v) is 5.66. The standard InChI is InChI=1S/C26H19ClN4O8/c1-38-22-13-15(2-11-21(22)39-14-23(32)28-17-5-3-16(27)4-6-17)12-20-24(33)29-26(35)30(25(20)34)18-7-9-19(10-8-18)31(36)37/h2-13H,14H2,1H3,(H,28,32)(H,29,33,35)/b20-12+. The zero-order chi connectivity index (χ0) is 28.1. The third kappa shape index (κ3) is 6.19. The van der Waals surface area contributed by atoms with Gasteiger partial charge in [0.1, 0.15) is 5.57 Å². The lowest BCUT2D eigenvalue weighted by molar-refractivity contribution is -0.384. The number of urea groups is 1. The van der Waals surface area contributed by atoms with Crippen molar-refractivity contribution in [2.75, 3.05) is 23.9 Å². The summed E-state index contributed by atoms with van der Waals surface area (Å²) in [4.78, 5) is 61.1. The summed E-state index contributed by atoms with van der Waals surface area (Å²) in [5, 5.41) is 16.2. The zero-order valence-electron chi connectivity index (χ0n) is 20.2. The molecule has 5 amide bonds. The minimum atomic E-state index is -0.991. The Balaban J connectivity index is 1.50. The quantitative estimate of drug-likeness (QED) is 0.185. The van der Waals surface area contributed by atoms with Crippen LogP contribution in [0.15, 0.2) is 72.3 Å². The Labute approximate surface area is 225 Å². The van der Waals surface area contributed by atoms with Gasteiger partial charge in [0.15, 0.2) is 18.1 Å². The van der Waals surface area contributed by atoms with Gasteiger partial charge in [-0.15, -0.1) is 0 Å². The number of imide groups is 2. The van der Waals surface area contributed by atoms with Crippen LogP contribution in [0.1, 0.15) is 5.56 Å². The van der Waals surface area contributed by atoms with E-state index >= 15 is 0 Å². The van der Waals surface area contributed by atoms with E-state index in [0.717, 1.165) is 12.1 Å². The molecule has 2 N–H and O–H groups in total. The van der Waals surface area contributed by atoms with Gasteiger partial charge in [-0.05, 0) is 60.2 Å². The van der Waals surface area contributed by atoms with Gasteiger partial charge < -0.3 is 14.8 Å². The summed E-state index contributed by atoms with van der Waals surface area (Å²) in [6.07, 6.45) is 1.25. The van der Waals surface area contributed by atoms with Crippen molar-refractivity contribution in [2.24, 2.45) is 0 Å². The first-order chi connectivity index (χ1) is 18.7. The number of carbonyl (C=O) groups is 4. The molecule has 1 heterocycles. The average Bonchev–Trinajstić information content (AvgIpc) is 2.91. The number of rotatable bonds is 8. The number of nitrogens with zero attached hydrogens (tertiary/aromatic N) is 2. The van der Waals surface area contributed by atoms with Crippen LogP contribution in [0, 0.1) is 10.1 Å². The number of non-ortho nitro benzene ring substituents is 1. The molecular weight excluding hydrogens is 532 g/mol. The monoisotopic (exact) mass is 550 g/mol. The second kappa shape index (κ2) is 11.4. The molecule has 1 saturated heterocycles. The molecule has 3 aromatic carbocycles. The molecule has 3 aromatic rings. The number of carbonyl (C=O) groups excluding carboxylic acids is 4. The first-order valence-electron chi connectivity index (χ1n) is 11.2. The Morgan fingerprint density at radius 3 is 2.38 bits per heavy atom. The second-order valence-electron chi connectivity index (χ2n) is 7.99. The number of halogens is 1. The fraction of sp³-hybridized carbons (Fsp3) is 0.0769. The summed E-state index contributed by atoms with van der Waals surface area (Å²) in [6, 6.07) is 14.8. The minimum Gasteiger partial charge on any atom is -0.493 e. The molecule has 0 aliphatic carbocycles. The van der Waals surface area contributed by atoms with Crippen LogP contribution in [-0.4, -0.2) is 42.4 Å². The van der Waals surface area contributed by atoms with E-state index in [1.165, 1.54) is 43.5 Å². The predicted octanol–water partition coefficient (Wildman–Crippen LogP) is 3.94. The Bertz CT molecular complexity index is 1500. The molecule has 13 heteroatoms. The van der Waals surface area contributed by atoms with Gasteiger partial charge in [0, 0.05) is 22.8 Å². The van der Waals surface area contributed by atoms with E-state index in [1.807, 2.05) is 0 Å². The Morgan fingerprint density at radius 1 is 1.05 bits per heavy atom. The lowest BCUT2D eigenvalue weighted by atomic mass is 10.1. The Hall–Kier alpha value is -5.23. The van der Waals surface area contributed by atoms with E-state index in [1.54, 1.807) is 24.3 Å². The van der Waals surface area contributed by atoms with Crippen molar-refractivity contribution in [3.63, 3.8) is 0 Å². The fourth-order valence-electron chi connectivity index (χ4n) is 3.55. The number of nitro groups is 1. The van der Waals surface area contributed by atoms with Gasteiger partial charge >= 0.3 is 6.03 Å². The number of anilines is 2. The van der Waals surface area contributed by atoms with Crippen LogP contribution in [0.3, 0.4) is 0 Å². The highest BCUT2D eigenvalue weighted by atomic mass is 35.5. The van der Waals surface area contributed by atoms with Gasteiger partial charge in [-0.25, -0.2) is 9.69 Å². The molecule has 0 aromatic heterocycles. The second-order valence-corrected chi connectivity index (χ2v) is 8.42. The zero-order valence-corrected chi connectivity index (χ0v) is 20.9. The van der Waals surface area contributed by atoms with Gasteiger partial charge in [0.2, 0.25) is 0 Å². The Kier molecular flexibility index (Phi) is 7.87. The molecule has 1 aliphatic rings. The summed E-state index contributed by atoms with van der Waals surface area (Å²) in [5.74, 6) is -1.81. The van der Waals surface area contributed by atoms with Gasteiger partial charge in [-0.2, -0.15) is 0 Å². The first kappa shape index (κ1) is 26.8. The lowest BCUT2D eigenvalue weighted by Crippen LogP contribution is -2.54. The molecule has 4 rings (SSSR count). The number of barbiturate groups is 1. The largest absolute Gasteiger partial charge is 0.493 e. The molecule has 1 fully saturated rings. The van der Waals surface area contributed by atoms with Gasteiger partial charge in [-0.3, -0.25) is 29.8 Å². The maximum absolute atomic E-state index is 13.1. The number of nitrogens with one attached hydrogen (secondary N) is 2. The van der Waals surface area contributed by atoms with Crippen molar-refractivity contribution in [1.82, 2.24) is 5.32 Å². The molecule has 0 bridgehead atoms. The van der Waals surface area contributed by atoms with Crippen molar-refractivity contribution in [3.05, 3.63) is 93.0 Å². The number of benzene rings is 3. The number of ether oxygens (including phenoxy) is 2. The van der Waals surface area contributed by atoms with Crippen molar-refractivity contribution < 1.29 is 33.6 Å². The minimum absolute atomic E-state index is 0.0414. The smallest absolute Gasteiger partial charge is 0.335 e. The normalized spacial score (nSPS) is 14.2. The molecule has 0 unspecified atom stereocenters. The van der Waals surface area contributed by atoms with Crippen LogP contribution in [0.25, 0.3) is 6.08 Å². The van der Waals surface area contributed by atoms with Crippen LogP contribution < -0.4 is 25.0 Å². The molecule has 0 spiro atoms. The fourth-order valence-corrected chi connectivity index (χ4v) is 3.67. The maximum atomic E-state index is 13.1. The predicted molar refractivity (Wildman–Crippen MR) is 141 cm³/mol. The molecule has 12 nitrogen and oxygen atoms in total. The number of hydrogen-bond acceptors (Lipinski definition) is 8. The summed E-state index contributed by atoms with van der Waals surface area (Å²) in [7, 11) is 1.38. The van der Waals surface area contributed by atoms with Gasteiger partial charge in [-0.1, -0.05) is 17.7 Å². The summed E-state index contributed by atoms with van der Waals surface area (Å²) in [6.45, 7) is -0.327. The van der Waals surface area contributed by atoms with Crippen LogP contribution in [0.5, 0.6) is 11.5 Å². The maximum Gasteiger partial charge on any atom is 0.335 e. The number of nitro benzene ring substituents is 1. The molecule has 0 saturated carbocycles. The SMILES string of the molecule is COc1cc(/C=C2\C(=O)NC(=O)N(c3ccc([N+](=O)[O-])cc3)C2=O)ccc1OCC(=O)Nc1ccc(Cl)cc1. The molecule has 198 valence electrons. The number of amides is 5. The molecule has 1 aliphatic heterocycles. The van der Waals surface area contributed by atoms with E-state index in [2.05, 4.69) is 10.6 Å². The van der Waals surface area contributed by atoms with Crippen LogP contribution >= 0.6 is 11.6 Å². The Morgan fingerprint density at radius 2 is 1.74 bits per heavy atom. The van der Waals surface area contributed by atoms with Gasteiger partial charge in [0.25, 0.3) is 23.4 Å². The van der Waals surface area contributed by atoms with Crippen molar-refractivity contribution in [1.29, 1.82) is 0 Å².